The normalized spacial score (nSPS) is 12.4. The second-order valence-corrected chi connectivity index (χ2v) is 10.8. The van der Waals surface area contributed by atoms with Crippen LogP contribution in [-0.2, 0) is 39.1 Å². The molecule has 0 radical (unpaired) electrons. The number of sulfonamides is 1. The Morgan fingerprint density at radius 1 is 0.972 bits per heavy atom. The highest BCUT2D eigenvalue weighted by molar-refractivity contribution is 9.10. The van der Waals surface area contributed by atoms with Gasteiger partial charge in [-0.05, 0) is 45.6 Å². The molecule has 0 saturated heterocycles. The van der Waals surface area contributed by atoms with Crippen LogP contribution in [0.2, 0.25) is 0 Å². The minimum Gasteiger partial charge on any atom is -0.468 e. The van der Waals surface area contributed by atoms with Gasteiger partial charge in [0.1, 0.15) is 6.04 Å². The molecule has 0 aliphatic heterocycles. The molecule has 3 aromatic carbocycles. The highest BCUT2D eigenvalue weighted by Crippen LogP contribution is 2.28. The summed E-state index contributed by atoms with van der Waals surface area (Å²) in [5.41, 5.74) is 2.24. The fourth-order valence-corrected chi connectivity index (χ4v) is 6.35. The number of rotatable bonds is 10. The maximum absolute atomic E-state index is 13.9. The third kappa shape index (κ3) is 6.07. The lowest BCUT2D eigenvalue weighted by atomic mass is 10.1. The van der Waals surface area contributed by atoms with Crippen LogP contribution < -0.4 is 0 Å². The molecule has 1 heterocycles. The largest absolute Gasteiger partial charge is 0.468 e. The second kappa shape index (κ2) is 11.6. The van der Waals surface area contributed by atoms with Crippen molar-refractivity contribution < 1.29 is 17.9 Å². The van der Waals surface area contributed by atoms with E-state index >= 15 is 0 Å². The average molecular weight is 569 g/mol. The third-order valence-electron chi connectivity index (χ3n) is 5.61. The Balaban J connectivity index is 1.72. The Bertz CT molecular complexity index is 1410. The van der Waals surface area contributed by atoms with Crippen molar-refractivity contribution in [1.82, 2.24) is 19.3 Å². The molecule has 4 rings (SSSR count). The van der Waals surface area contributed by atoms with Crippen molar-refractivity contribution in [2.24, 2.45) is 0 Å². The van der Waals surface area contributed by atoms with Gasteiger partial charge in [-0.1, -0.05) is 78.0 Å². The summed E-state index contributed by atoms with van der Waals surface area (Å²) >= 11 is 3.34. The summed E-state index contributed by atoms with van der Waals surface area (Å²) in [5.74, 6) is -0.661. The van der Waals surface area contributed by atoms with Gasteiger partial charge in [-0.3, -0.25) is 4.79 Å². The van der Waals surface area contributed by atoms with Gasteiger partial charge in [0, 0.05) is 4.47 Å². The van der Waals surface area contributed by atoms with Gasteiger partial charge in [0.05, 0.1) is 37.0 Å². The highest BCUT2D eigenvalue weighted by Gasteiger charge is 2.38. The molecule has 0 bridgehead atoms. The lowest BCUT2D eigenvalue weighted by Gasteiger charge is -2.29. The van der Waals surface area contributed by atoms with Crippen LogP contribution >= 0.6 is 15.9 Å². The van der Waals surface area contributed by atoms with E-state index in [1.165, 1.54) is 13.2 Å². The number of benzene rings is 3. The third-order valence-corrected chi connectivity index (χ3v) is 8.47. The van der Waals surface area contributed by atoms with E-state index < -0.39 is 22.0 Å². The summed E-state index contributed by atoms with van der Waals surface area (Å²) < 4.78 is 36.1. The van der Waals surface area contributed by atoms with Crippen molar-refractivity contribution in [3.05, 3.63) is 112 Å². The SMILES string of the molecule is COC(=O)[C@H](Cc1ccccc1)N(Cc1cn(Cc2ccccc2)nn1)S(=O)(=O)c1ccccc1Br. The van der Waals surface area contributed by atoms with Crippen LogP contribution in [0.1, 0.15) is 16.8 Å². The molecule has 0 N–H and O–H groups in total. The molecule has 36 heavy (non-hydrogen) atoms. The molecule has 0 aliphatic carbocycles. The molecular weight excluding hydrogens is 544 g/mol. The van der Waals surface area contributed by atoms with Crippen LogP contribution in [0, 0.1) is 0 Å². The average Bonchev–Trinajstić information content (AvgIpc) is 3.33. The fourth-order valence-electron chi connectivity index (χ4n) is 3.84. The topological polar surface area (TPSA) is 94.4 Å². The first-order valence-corrected chi connectivity index (χ1v) is 13.4. The van der Waals surface area contributed by atoms with Gasteiger partial charge >= 0.3 is 5.97 Å². The van der Waals surface area contributed by atoms with Gasteiger partial charge in [0.15, 0.2) is 0 Å². The number of hydrogen-bond donors (Lipinski definition) is 0. The van der Waals surface area contributed by atoms with Gasteiger partial charge in [0.25, 0.3) is 0 Å². The van der Waals surface area contributed by atoms with Crippen LogP contribution in [0.25, 0.3) is 0 Å². The lowest BCUT2D eigenvalue weighted by molar-refractivity contribution is -0.145. The number of esters is 1. The van der Waals surface area contributed by atoms with E-state index in [1.54, 1.807) is 29.1 Å². The minimum atomic E-state index is -4.15. The number of nitrogens with zero attached hydrogens (tertiary/aromatic N) is 4. The van der Waals surface area contributed by atoms with Crippen LogP contribution in [0.15, 0.2) is 100 Å². The Hall–Kier alpha value is -3.34. The van der Waals surface area contributed by atoms with E-state index in [2.05, 4.69) is 26.2 Å². The molecule has 1 atom stereocenters. The van der Waals surface area contributed by atoms with Crippen LogP contribution in [0.3, 0.4) is 0 Å². The Kier molecular flexibility index (Phi) is 8.29. The molecular formula is C26H25BrN4O4S. The van der Waals surface area contributed by atoms with Gasteiger partial charge < -0.3 is 4.74 Å². The fraction of sp³-hybridized carbons (Fsp3) is 0.192. The number of halogens is 1. The Morgan fingerprint density at radius 2 is 1.58 bits per heavy atom. The lowest BCUT2D eigenvalue weighted by Crippen LogP contribution is -2.46. The smallest absolute Gasteiger partial charge is 0.324 e. The molecule has 0 fully saturated rings. The zero-order valence-electron chi connectivity index (χ0n) is 19.6. The maximum atomic E-state index is 13.9. The predicted octanol–water partition coefficient (Wildman–Crippen LogP) is 4.06. The number of methoxy groups -OCH3 is 1. The quantitative estimate of drug-likeness (QED) is 0.268. The van der Waals surface area contributed by atoms with Gasteiger partial charge in [-0.15, -0.1) is 5.10 Å². The van der Waals surface area contributed by atoms with Crippen LogP contribution in [0.5, 0.6) is 0 Å². The van der Waals surface area contributed by atoms with Gasteiger partial charge in [0.2, 0.25) is 10.0 Å². The highest BCUT2D eigenvalue weighted by atomic mass is 79.9. The summed E-state index contributed by atoms with van der Waals surface area (Å²) in [7, 11) is -2.90. The molecule has 4 aromatic rings. The van der Waals surface area contributed by atoms with Crippen molar-refractivity contribution in [2.45, 2.75) is 30.4 Å². The maximum Gasteiger partial charge on any atom is 0.324 e. The molecule has 186 valence electrons. The molecule has 0 spiro atoms. The van der Waals surface area contributed by atoms with Crippen molar-refractivity contribution in [3.63, 3.8) is 0 Å². The van der Waals surface area contributed by atoms with E-state index in [-0.39, 0.29) is 17.9 Å². The number of ether oxygens (including phenoxy) is 1. The summed E-state index contributed by atoms with van der Waals surface area (Å²) in [6, 6.07) is 24.3. The minimum absolute atomic E-state index is 0.0450. The van der Waals surface area contributed by atoms with Crippen LogP contribution in [0.4, 0.5) is 0 Å². The first kappa shape index (κ1) is 25.7. The standard InChI is InChI=1S/C26H25BrN4O4S/c1-35-26(32)24(16-20-10-4-2-5-11-20)31(36(33,34)25-15-9-8-14-23(25)27)19-22-18-30(29-28-22)17-21-12-6-3-7-13-21/h2-15,18,24H,16-17,19H2,1H3/t24-/m0/s1. The van der Waals surface area contributed by atoms with E-state index in [9.17, 15) is 13.2 Å². The summed E-state index contributed by atoms with van der Waals surface area (Å²) in [4.78, 5) is 13.0. The monoisotopic (exact) mass is 568 g/mol. The molecule has 10 heteroatoms. The Morgan fingerprint density at radius 3 is 2.22 bits per heavy atom. The zero-order chi connectivity index (χ0) is 25.5. The van der Waals surface area contributed by atoms with E-state index in [0.717, 1.165) is 15.4 Å². The van der Waals surface area contributed by atoms with Gasteiger partial charge in [-0.2, -0.15) is 4.31 Å². The number of carbonyl (C=O) groups excluding carboxylic acids is 1. The van der Waals surface area contributed by atoms with Crippen molar-refractivity contribution in [1.29, 1.82) is 0 Å². The number of hydrogen-bond acceptors (Lipinski definition) is 6. The Labute approximate surface area is 218 Å². The molecule has 0 saturated carbocycles. The van der Waals surface area contributed by atoms with Crippen molar-refractivity contribution >= 4 is 31.9 Å². The zero-order valence-corrected chi connectivity index (χ0v) is 22.0. The summed E-state index contributed by atoms with van der Waals surface area (Å²) in [5, 5.41) is 8.36. The molecule has 0 amide bonds. The summed E-state index contributed by atoms with van der Waals surface area (Å²) in [6.45, 7) is 0.320. The molecule has 0 unspecified atom stereocenters. The van der Waals surface area contributed by atoms with E-state index in [1.807, 2.05) is 60.7 Å². The summed E-state index contributed by atoms with van der Waals surface area (Å²) in [6.07, 6.45) is 1.82. The van der Waals surface area contributed by atoms with Crippen LogP contribution in [-0.4, -0.2) is 46.8 Å². The predicted molar refractivity (Wildman–Crippen MR) is 138 cm³/mol. The number of aromatic nitrogens is 3. The van der Waals surface area contributed by atoms with Crippen molar-refractivity contribution in [2.75, 3.05) is 7.11 Å². The first-order valence-electron chi connectivity index (χ1n) is 11.2. The second-order valence-electron chi connectivity index (χ2n) is 8.10. The number of carbonyl (C=O) groups is 1. The van der Waals surface area contributed by atoms with E-state index in [0.29, 0.717) is 16.7 Å². The van der Waals surface area contributed by atoms with Crippen molar-refractivity contribution in [3.8, 4) is 0 Å². The first-order chi connectivity index (χ1) is 17.4. The van der Waals surface area contributed by atoms with E-state index in [4.69, 9.17) is 4.74 Å². The van der Waals surface area contributed by atoms with Gasteiger partial charge in [-0.25, -0.2) is 13.1 Å². The molecule has 8 nitrogen and oxygen atoms in total. The molecule has 1 aromatic heterocycles. The molecule has 0 aliphatic rings.